The van der Waals surface area contributed by atoms with Gasteiger partial charge in [-0.15, -0.1) is 0 Å². The molecule has 5 nitrogen and oxygen atoms in total. The van der Waals surface area contributed by atoms with Crippen LogP contribution in [0, 0.1) is 5.41 Å². The van der Waals surface area contributed by atoms with Crippen LogP contribution in [-0.4, -0.2) is 29.7 Å². The molecule has 0 fully saturated rings. The largest absolute Gasteiger partial charge is 0.497 e. The van der Waals surface area contributed by atoms with E-state index in [1.54, 1.807) is 38.3 Å². The molecule has 0 radical (unpaired) electrons. The third kappa shape index (κ3) is 2.91. The molecule has 1 N–H and O–H groups in total. The molecule has 0 aliphatic carbocycles. The fraction of sp³-hybridized carbons (Fsp3) is 0.389. The summed E-state index contributed by atoms with van der Waals surface area (Å²) < 4.78 is 5.09. The number of aliphatic imine (C=N–C) groups is 1. The van der Waals surface area contributed by atoms with E-state index >= 15 is 0 Å². The van der Waals surface area contributed by atoms with Crippen molar-refractivity contribution in [3.8, 4) is 5.75 Å². The molecule has 0 bridgehead atoms. The number of hydrogen-bond donors (Lipinski definition) is 1. The lowest BCUT2D eigenvalue weighted by Crippen LogP contribution is -2.30. The second kappa shape index (κ2) is 6.36. The van der Waals surface area contributed by atoms with Crippen LogP contribution >= 0.6 is 0 Å². The van der Waals surface area contributed by atoms with Gasteiger partial charge in [-0.3, -0.25) is 14.6 Å². The number of nitrogens with zero attached hydrogens (tertiary/aromatic N) is 1. The van der Waals surface area contributed by atoms with E-state index in [4.69, 9.17) is 4.74 Å². The Morgan fingerprint density at radius 3 is 2.30 bits per heavy atom. The SMILES string of the molecule is CCC1(CC(=O)O)C(C)=NC(C(=O)c2ccc(OC)cc2)=C1C. The van der Waals surface area contributed by atoms with E-state index in [9.17, 15) is 14.7 Å². The Morgan fingerprint density at radius 2 is 1.83 bits per heavy atom. The van der Waals surface area contributed by atoms with E-state index in [2.05, 4.69) is 4.99 Å². The molecule has 0 spiro atoms. The lowest BCUT2D eigenvalue weighted by atomic mass is 9.73. The van der Waals surface area contributed by atoms with Crippen molar-refractivity contribution in [1.29, 1.82) is 0 Å². The third-order valence-electron chi connectivity index (χ3n) is 4.67. The van der Waals surface area contributed by atoms with Crippen molar-refractivity contribution in [1.82, 2.24) is 0 Å². The molecule has 2 rings (SSSR count). The fourth-order valence-corrected chi connectivity index (χ4v) is 3.12. The van der Waals surface area contributed by atoms with Gasteiger partial charge in [-0.2, -0.15) is 0 Å². The minimum Gasteiger partial charge on any atom is -0.497 e. The third-order valence-corrected chi connectivity index (χ3v) is 4.67. The van der Waals surface area contributed by atoms with Gasteiger partial charge in [0, 0.05) is 16.7 Å². The molecule has 1 heterocycles. The topological polar surface area (TPSA) is 76.0 Å². The molecule has 1 unspecified atom stereocenters. The number of methoxy groups -OCH3 is 1. The summed E-state index contributed by atoms with van der Waals surface area (Å²) in [6.45, 7) is 5.53. The Hall–Kier alpha value is -2.43. The number of carboxylic acid groups (broad SMARTS) is 1. The molecule has 1 aromatic rings. The first-order chi connectivity index (χ1) is 10.9. The first-order valence-corrected chi connectivity index (χ1v) is 7.53. The molecule has 122 valence electrons. The van der Waals surface area contributed by atoms with Crippen molar-refractivity contribution in [2.75, 3.05) is 7.11 Å². The van der Waals surface area contributed by atoms with Gasteiger partial charge in [-0.25, -0.2) is 0 Å². The Kier molecular flexibility index (Phi) is 4.68. The van der Waals surface area contributed by atoms with Crippen LogP contribution in [0.3, 0.4) is 0 Å². The normalized spacial score (nSPS) is 20.4. The number of ether oxygens (including phenoxy) is 1. The second-order valence-corrected chi connectivity index (χ2v) is 5.73. The summed E-state index contributed by atoms with van der Waals surface area (Å²) in [6.07, 6.45) is 0.546. The van der Waals surface area contributed by atoms with E-state index in [1.807, 2.05) is 13.8 Å². The van der Waals surface area contributed by atoms with Gasteiger partial charge < -0.3 is 9.84 Å². The average Bonchev–Trinajstić information content (AvgIpc) is 2.78. The molecule has 5 heteroatoms. The summed E-state index contributed by atoms with van der Waals surface area (Å²) in [5, 5.41) is 9.23. The van der Waals surface area contributed by atoms with E-state index in [0.29, 0.717) is 29.1 Å². The molecule has 0 amide bonds. The van der Waals surface area contributed by atoms with Crippen molar-refractivity contribution in [2.24, 2.45) is 10.4 Å². The van der Waals surface area contributed by atoms with Crippen molar-refractivity contribution in [3.63, 3.8) is 0 Å². The summed E-state index contributed by atoms with van der Waals surface area (Å²) in [7, 11) is 1.57. The monoisotopic (exact) mass is 315 g/mol. The van der Waals surface area contributed by atoms with Crippen LogP contribution in [-0.2, 0) is 4.79 Å². The van der Waals surface area contributed by atoms with Gasteiger partial charge in [0.2, 0.25) is 5.78 Å². The van der Waals surface area contributed by atoms with Gasteiger partial charge in [-0.05, 0) is 50.1 Å². The van der Waals surface area contributed by atoms with E-state index in [0.717, 1.165) is 5.57 Å². The maximum absolute atomic E-state index is 12.7. The van der Waals surface area contributed by atoms with E-state index in [1.165, 1.54) is 0 Å². The van der Waals surface area contributed by atoms with Crippen molar-refractivity contribution >= 4 is 17.5 Å². The maximum atomic E-state index is 12.7. The summed E-state index contributed by atoms with van der Waals surface area (Å²) in [5.41, 5.74) is 1.63. The van der Waals surface area contributed by atoms with Crippen LogP contribution in [0.2, 0.25) is 0 Å². The molecular formula is C18H21NO4. The number of hydrogen-bond acceptors (Lipinski definition) is 4. The Morgan fingerprint density at radius 1 is 1.22 bits per heavy atom. The molecule has 0 aromatic heterocycles. The number of carboxylic acids is 1. The molecule has 1 aliphatic heterocycles. The van der Waals surface area contributed by atoms with Gasteiger partial charge in [-0.1, -0.05) is 6.92 Å². The smallest absolute Gasteiger partial charge is 0.304 e. The molecule has 23 heavy (non-hydrogen) atoms. The van der Waals surface area contributed by atoms with Crippen molar-refractivity contribution in [2.45, 2.75) is 33.6 Å². The Bertz CT molecular complexity index is 700. The van der Waals surface area contributed by atoms with Crippen LogP contribution in [0.15, 0.2) is 40.5 Å². The summed E-state index contributed by atoms with van der Waals surface area (Å²) in [6, 6.07) is 6.82. The first kappa shape index (κ1) is 16.9. The quantitative estimate of drug-likeness (QED) is 0.815. The number of ketones is 1. The zero-order valence-electron chi connectivity index (χ0n) is 13.8. The van der Waals surface area contributed by atoms with Gasteiger partial charge in [0.15, 0.2) is 0 Å². The predicted molar refractivity (Wildman–Crippen MR) is 88.1 cm³/mol. The lowest BCUT2D eigenvalue weighted by molar-refractivity contribution is -0.138. The molecule has 1 atom stereocenters. The number of aliphatic carboxylic acids is 1. The Balaban J connectivity index is 2.43. The number of Topliss-reactive ketones (excluding diaryl/α,β-unsaturated/α-hetero) is 1. The van der Waals surface area contributed by atoms with Crippen LogP contribution in [0.5, 0.6) is 5.75 Å². The van der Waals surface area contributed by atoms with Crippen LogP contribution < -0.4 is 4.74 Å². The lowest BCUT2D eigenvalue weighted by Gasteiger charge is -2.28. The zero-order chi connectivity index (χ0) is 17.2. The minimum atomic E-state index is -0.890. The van der Waals surface area contributed by atoms with Crippen LogP contribution in [0.4, 0.5) is 0 Å². The van der Waals surface area contributed by atoms with Gasteiger partial charge in [0.05, 0.1) is 13.5 Å². The van der Waals surface area contributed by atoms with E-state index in [-0.39, 0.29) is 12.2 Å². The number of carbonyl (C=O) groups excluding carboxylic acids is 1. The summed E-state index contributed by atoms with van der Waals surface area (Å²) >= 11 is 0. The predicted octanol–water partition coefficient (Wildman–Crippen LogP) is 3.50. The fourth-order valence-electron chi connectivity index (χ4n) is 3.12. The minimum absolute atomic E-state index is 0.0515. The van der Waals surface area contributed by atoms with Gasteiger partial charge >= 0.3 is 5.97 Å². The van der Waals surface area contributed by atoms with Gasteiger partial charge in [0.25, 0.3) is 0 Å². The van der Waals surface area contributed by atoms with Crippen LogP contribution in [0.1, 0.15) is 44.0 Å². The molecule has 0 saturated heterocycles. The standard InChI is InChI=1S/C18H21NO4/c1-5-18(10-15(20)21)11(2)16(19-12(18)3)17(22)13-6-8-14(23-4)9-7-13/h6-9H,5,10H2,1-4H3,(H,20,21). The maximum Gasteiger partial charge on any atom is 0.304 e. The highest BCUT2D eigenvalue weighted by molar-refractivity contribution is 6.14. The van der Waals surface area contributed by atoms with Crippen molar-refractivity contribution < 1.29 is 19.4 Å². The highest BCUT2D eigenvalue weighted by atomic mass is 16.5. The van der Waals surface area contributed by atoms with Crippen molar-refractivity contribution in [3.05, 3.63) is 41.1 Å². The number of allylic oxidation sites excluding steroid dienone is 2. The average molecular weight is 315 g/mol. The summed E-state index contributed by atoms with van der Waals surface area (Å²) in [4.78, 5) is 28.4. The molecule has 0 saturated carbocycles. The summed E-state index contributed by atoms with van der Waals surface area (Å²) in [5.74, 6) is -0.406. The molecule has 1 aromatic carbocycles. The number of carbonyl (C=O) groups is 2. The highest BCUT2D eigenvalue weighted by Crippen LogP contribution is 2.44. The molecule has 1 aliphatic rings. The highest BCUT2D eigenvalue weighted by Gasteiger charge is 2.42. The van der Waals surface area contributed by atoms with E-state index < -0.39 is 11.4 Å². The Labute approximate surface area is 135 Å². The first-order valence-electron chi connectivity index (χ1n) is 7.53. The zero-order valence-corrected chi connectivity index (χ0v) is 13.8. The number of benzene rings is 1. The molecular weight excluding hydrogens is 294 g/mol. The number of rotatable bonds is 6. The van der Waals surface area contributed by atoms with Crippen LogP contribution in [0.25, 0.3) is 0 Å². The second-order valence-electron chi connectivity index (χ2n) is 5.73. The van der Waals surface area contributed by atoms with Gasteiger partial charge in [0.1, 0.15) is 11.4 Å².